The lowest BCUT2D eigenvalue weighted by molar-refractivity contribution is -0.154. The van der Waals surface area contributed by atoms with Crippen molar-refractivity contribution >= 4 is 11.9 Å². The van der Waals surface area contributed by atoms with Crippen LogP contribution in [0.4, 0.5) is 0 Å². The molecule has 0 bridgehead atoms. The second kappa shape index (κ2) is 4.67. The molecule has 0 aliphatic carbocycles. The number of hydrogen-bond donors (Lipinski definition) is 0. The van der Waals surface area contributed by atoms with Gasteiger partial charge in [0, 0.05) is 0 Å². The lowest BCUT2D eigenvalue weighted by atomic mass is 9.64. The monoisotopic (exact) mass is 254 g/mol. The third-order valence-electron chi connectivity index (χ3n) is 3.63. The molecule has 0 spiro atoms. The van der Waals surface area contributed by atoms with Crippen molar-refractivity contribution in [3.63, 3.8) is 0 Å². The van der Waals surface area contributed by atoms with E-state index in [4.69, 9.17) is 4.74 Å². The van der Waals surface area contributed by atoms with Crippen molar-refractivity contribution in [2.45, 2.75) is 54.9 Å². The van der Waals surface area contributed by atoms with E-state index in [1.54, 1.807) is 0 Å². The average molecular weight is 254 g/mol. The van der Waals surface area contributed by atoms with Gasteiger partial charge in [0.05, 0.1) is 11.8 Å². The van der Waals surface area contributed by atoms with Gasteiger partial charge in [-0.05, 0) is 23.2 Å². The van der Waals surface area contributed by atoms with Gasteiger partial charge in [-0.1, -0.05) is 48.5 Å². The van der Waals surface area contributed by atoms with E-state index < -0.39 is 0 Å². The van der Waals surface area contributed by atoms with E-state index in [2.05, 4.69) is 34.6 Å². The molecule has 0 aromatic heterocycles. The highest BCUT2D eigenvalue weighted by molar-refractivity contribution is 5.97. The molecular formula is C15H26O3. The average Bonchev–Trinajstić information content (AvgIpc) is 2.36. The molecule has 0 aromatic carbocycles. The van der Waals surface area contributed by atoms with Crippen molar-refractivity contribution < 1.29 is 14.3 Å². The zero-order valence-electron chi connectivity index (χ0n) is 12.7. The summed E-state index contributed by atoms with van der Waals surface area (Å²) in [6.45, 7) is 14.6. The topological polar surface area (TPSA) is 43.4 Å². The summed E-state index contributed by atoms with van der Waals surface area (Å²) in [6.07, 6.45) is 0.885. The second-order valence-electron chi connectivity index (χ2n) is 7.71. The van der Waals surface area contributed by atoms with E-state index in [0.717, 1.165) is 6.42 Å². The Morgan fingerprint density at radius 2 is 1.56 bits per heavy atom. The molecule has 3 heteroatoms. The molecular weight excluding hydrogens is 228 g/mol. The molecule has 0 saturated carbocycles. The first-order valence-electron chi connectivity index (χ1n) is 6.71. The van der Waals surface area contributed by atoms with Crippen LogP contribution in [0.3, 0.4) is 0 Å². The van der Waals surface area contributed by atoms with Gasteiger partial charge in [0.2, 0.25) is 0 Å². The number of carbonyl (C=O) groups is 2. The SMILES string of the molecule is CC(C)C1C(=O)OC(=O)C1C(C)(C)CC(C)(C)C. The summed E-state index contributed by atoms with van der Waals surface area (Å²) in [5.41, 5.74) is -0.104. The van der Waals surface area contributed by atoms with Gasteiger partial charge in [0.25, 0.3) is 0 Å². The van der Waals surface area contributed by atoms with E-state index in [0.29, 0.717) is 0 Å². The highest BCUT2D eigenvalue weighted by atomic mass is 16.6. The van der Waals surface area contributed by atoms with E-state index in [1.165, 1.54) is 0 Å². The number of cyclic esters (lactones) is 2. The number of hydrogen-bond acceptors (Lipinski definition) is 3. The fraction of sp³-hybridized carbons (Fsp3) is 0.867. The molecule has 0 aromatic rings. The van der Waals surface area contributed by atoms with Crippen LogP contribution in [-0.4, -0.2) is 11.9 Å². The highest BCUT2D eigenvalue weighted by Crippen LogP contribution is 2.47. The predicted octanol–water partition coefficient (Wildman–Crippen LogP) is 3.42. The molecule has 18 heavy (non-hydrogen) atoms. The van der Waals surface area contributed by atoms with Crippen LogP contribution in [0, 0.1) is 28.6 Å². The molecule has 1 fully saturated rings. The second-order valence-corrected chi connectivity index (χ2v) is 7.71. The van der Waals surface area contributed by atoms with Gasteiger partial charge in [-0.25, -0.2) is 0 Å². The van der Waals surface area contributed by atoms with Crippen molar-refractivity contribution in [3.8, 4) is 0 Å². The molecule has 2 unspecified atom stereocenters. The van der Waals surface area contributed by atoms with Gasteiger partial charge < -0.3 is 4.74 Å². The minimum Gasteiger partial charge on any atom is -0.393 e. The van der Waals surface area contributed by atoms with E-state index in [-0.39, 0.29) is 40.5 Å². The Hall–Kier alpha value is -0.860. The van der Waals surface area contributed by atoms with Crippen LogP contribution in [0.5, 0.6) is 0 Å². The Morgan fingerprint density at radius 1 is 1.06 bits per heavy atom. The zero-order valence-corrected chi connectivity index (χ0v) is 12.7. The molecule has 1 heterocycles. The minimum absolute atomic E-state index is 0.122. The van der Waals surface area contributed by atoms with Crippen molar-refractivity contribution in [1.29, 1.82) is 0 Å². The van der Waals surface area contributed by atoms with Gasteiger partial charge in [-0.15, -0.1) is 0 Å². The summed E-state index contributed by atoms with van der Waals surface area (Å²) < 4.78 is 4.87. The first-order valence-corrected chi connectivity index (χ1v) is 6.71. The molecule has 1 aliphatic rings. The molecule has 3 nitrogen and oxygen atoms in total. The maximum atomic E-state index is 12.0. The Bertz CT molecular complexity index is 347. The van der Waals surface area contributed by atoms with Crippen LogP contribution < -0.4 is 0 Å². The Morgan fingerprint density at radius 3 is 1.94 bits per heavy atom. The largest absolute Gasteiger partial charge is 0.393 e. The molecule has 104 valence electrons. The lowest BCUT2D eigenvalue weighted by Crippen LogP contribution is -2.38. The molecule has 1 aliphatic heterocycles. The fourth-order valence-electron chi connectivity index (χ4n) is 3.45. The molecule has 0 amide bonds. The highest BCUT2D eigenvalue weighted by Gasteiger charge is 2.53. The summed E-state index contributed by atoms with van der Waals surface area (Å²) in [5, 5.41) is 0. The summed E-state index contributed by atoms with van der Waals surface area (Å²) in [7, 11) is 0. The predicted molar refractivity (Wildman–Crippen MR) is 70.8 cm³/mol. The van der Waals surface area contributed by atoms with E-state index >= 15 is 0 Å². The van der Waals surface area contributed by atoms with E-state index in [1.807, 2.05) is 13.8 Å². The van der Waals surface area contributed by atoms with Crippen LogP contribution in [0.1, 0.15) is 54.9 Å². The van der Waals surface area contributed by atoms with Crippen molar-refractivity contribution in [2.24, 2.45) is 28.6 Å². The maximum Gasteiger partial charge on any atom is 0.318 e. The first-order chi connectivity index (χ1) is 7.96. The number of carbonyl (C=O) groups excluding carboxylic acids is 2. The third kappa shape index (κ3) is 3.12. The Labute approximate surface area is 110 Å². The Kier molecular flexibility index (Phi) is 3.94. The number of ether oxygens (including phenoxy) is 1. The smallest absolute Gasteiger partial charge is 0.318 e. The van der Waals surface area contributed by atoms with Crippen molar-refractivity contribution in [3.05, 3.63) is 0 Å². The fourth-order valence-corrected chi connectivity index (χ4v) is 3.45. The molecule has 2 atom stereocenters. The first kappa shape index (κ1) is 15.2. The van der Waals surface area contributed by atoms with Gasteiger partial charge in [0.15, 0.2) is 0 Å². The van der Waals surface area contributed by atoms with Gasteiger partial charge in [0.1, 0.15) is 0 Å². The summed E-state index contributed by atoms with van der Waals surface area (Å²) in [5.74, 6) is -1.16. The normalized spacial score (nSPS) is 25.8. The van der Waals surface area contributed by atoms with Gasteiger partial charge in [-0.2, -0.15) is 0 Å². The molecule has 0 radical (unpaired) electrons. The van der Waals surface area contributed by atoms with Crippen molar-refractivity contribution in [1.82, 2.24) is 0 Å². The third-order valence-corrected chi connectivity index (χ3v) is 3.63. The van der Waals surface area contributed by atoms with Crippen LogP contribution in [0.2, 0.25) is 0 Å². The molecule has 1 rings (SSSR count). The summed E-state index contributed by atoms with van der Waals surface area (Å²) >= 11 is 0. The zero-order chi connectivity index (χ0) is 14.3. The summed E-state index contributed by atoms with van der Waals surface area (Å²) in [6, 6.07) is 0. The van der Waals surface area contributed by atoms with Gasteiger partial charge in [-0.3, -0.25) is 9.59 Å². The van der Waals surface area contributed by atoms with Gasteiger partial charge >= 0.3 is 11.9 Å². The Balaban J connectivity index is 3.04. The van der Waals surface area contributed by atoms with Crippen LogP contribution >= 0.6 is 0 Å². The van der Waals surface area contributed by atoms with Crippen molar-refractivity contribution in [2.75, 3.05) is 0 Å². The van der Waals surface area contributed by atoms with Crippen LogP contribution in [0.15, 0.2) is 0 Å². The molecule has 0 N–H and O–H groups in total. The molecule has 1 saturated heterocycles. The van der Waals surface area contributed by atoms with E-state index in [9.17, 15) is 9.59 Å². The number of esters is 2. The standard InChI is InChI=1S/C15H26O3/c1-9(2)10-11(13(17)18-12(10)16)15(6,7)8-14(3,4)5/h9-11H,8H2,1-7H3. The maximum absolute atomic E-state index is 12.0. The van der Waals surface area contributed by atoms with Crippen LogP contribution in [0.25, 0.3) is 0 Å². The minimum atomic E-state index is -0.345. The quantitative estimate of drug-likeness (QED) is 0.572. The lowest BCUT2D eigenvalue weighted by Gasteiger charge is -2.38. The summed E-state index contributed by atoms with van der Waals surface area (Å²) in [4.78, 5) is 23.8. The van der Waals surface area contributed by atoms with Crippen LogP contribution in [-0.2, 0) is 14.3 Å². The number of rotatable bonds is 3.